The smallest absolute Gasteiger partial charge is 0.481 e. The molecule has 0 aliphatic carbocycles. The van der Waals surface area contributed by atoms with Crippen molar-refractivity contribution in [2.45, 2.75) is 6.36 Å². The molecule has 0 saturated heterocycles. The third-order valence-corrected chi connectivity index (χ3v) is 2.58. The van der Waals surface area contributed by atoms with Gasteiger partial charge in [0.05, 0.1) is 5.69 Å². The molecule has 0 spiro atoms. The van der Waals surface area contributed by atoms with Crippen LogP contribution in [0.25, 0.3) is 0 Å². The maximum absolute atomic E-state index is 13.3. The molecule has 2 aromatic rings. The van der Waals surface area contributed by atoms with Crippen molar-refractivity contribution in [1.82, 2.24) is 0 Å². The van der Waals surface area contributed by atoms with Crippen molar-refractivity contribution in [3.8, 4) is 11.5 Å². The molecule has 122 valence electrons. The van der Waals surface area contributed by atoms with Gasteiger partial charge in [0.2, 0.25) is 0 Å². The summed E-state index contributed by atoms with van der Waals surface area (Å²) in [5.74, 6) is -2.10. The third kappa shape index (κ3) is 5.17. The van der Waals surface area contributed by atoms with E-state index in [1.165, 1.54) is 36.4 Å². The van der Waals surface area contributed by atoms with E-state index in [0.29, 0.717) is 0 Å². The highest BCUT2D eigenvalue weighted by molar-refractivity contribution is 5.93. The second kappa shape index (κ2) is 6.99. The van der Waals surface area contributed by atoms with Crippen molar-refractivity contribution >= 4 is 11.6 Å². The van der Waals surface area contributed by atoms with Crippen molar-refractivity contribution in [2.75, 3.05) is 11.9 Å². The molecular formula is C15H11F4NO3. The fourth-order valence-electron chi connectivity index (χ4n) is 1.67. The van der Waals surface area contributed by atoms with Gasteiger partial charge in [0.25, 0.3) is 5.91 Å². The van der Waals surface area contributed by atoms with E-state index in [0.717, 1.165) is 12.1 Å². The van der Waals surface area contributed by atoms with Crippen molar-refractivity contribution in [1.29, 1.82) is 0 Å². The number of carbonyl (C=O) groups excluding carboxylic acids is 1. The summed E-state index contributed by atoms with van der Waals surface area (Å²) in [6.45, 7) is -0.568. The second-order valence-electron chi connectivity index (χ2n) is 4.31. The number of benzene rings is 2. The minimum absolute atomic E-state index is 0.137. The fourth-order valence-corrected chi connectivity index (χ4v) is 1.67. The van der Waals surface area contributed by atoms with Crippen molar-refractivity contribution < 1.29 is 31.8 Å². The lowest BCUT2D eigenvalue weighted by Gasteiger charge is -2.14. The highest BCUT2D eigenvalue weighted by atomic mass is 19.4. The predicted molar refractivity (Wildman–Crippen MR) is 73.6 cm³/mol. The molecular weight excluding hydrogens is 318 g/mol. The second-order valence-corrected chi connectivity index (χ2v) is 4.31. The van der Waals surface area contributed by atoms with Crippen molar-refractivity contribution in [3.05, 3.63) is 54.3 Å². The van der Waals surface area contributed by atoms with Gasteiger partial charge in [-0.2, -0.15) is 0 Å². The first-order chi connectivity index (χ1) is 10.8. The number of rotatable bonds is 5. The number of amides is 1. The molecule has 0 aliphatic heterocycles. The molecule has 1 amide bonds. The summed E-state index contributed by atoms with van der Waals surface area (Å²) >= 11 is 0. The largest absolute Gasteiger partial charge is 0.573 e. The van der Waals surface area contributed by atoms with Crippen LogP contribution in [0.3, 0.4) is 0 Å². The van der Waals surface area contributed by atoms with E-state index >= 15 is 0 Å². The van der Waals surface area contributed by atoms with Gasteiger partial charge in [-0.25, -0.2) is 4.39 Å². The van der Waals surface area contributed by atoms with E-state index < -0.39 is 30.4 Å². The van der Waals surface area contributed by atoms with Crippen LogP contribution >= 0.6 is 0 Å². The third-order valence-electron chi connectivity index (χ3n) is 2.58. The first-order valence-electron chi connectivity index (χ1n) is 6.37. The molecule has 0 fully saturated rings. The molecule has 2 aromatic carbocycles. The predicted octanol–water partition coefficient (Wildman–Crippen LogP) is 3.74. The lowest BCUT2D eigenvalue weighted by atomic mass is 10.3. The summed E-state index contributed by atoms with van der Waals surface area (Å²) in [5.41, 5.74) is -0.174. The van der Waals surface area contributed by atoms with Crippen LogP contribution in [0.1, 0.15) is 0 Å². The Labute approximate surface area is 128 Å². The van der Waals surface area contributed by atoms with Gasteiger partial charge in [-0.1, -0.05) is 24.3 Å². The number of ether oxygens (including phenoxy) is 2. The Morgan fingerprint density at radius 3 is 2.26 bits per heavy atom. The highest BCUT2D eigenvalue weighted by Gasteiger charge is 2.32. The molecule has 0 bridgehead atoms. The lowest BCUT2D eigenvalue weighted by Crippen LogP contribution is -2.22. The van der Waals surface area contributed by atoms with Gasteiger partial charge < -0.3 is 14.8 Å². The standard InChI is InChI=1S/C15H11F4NO3/c16-10-5-1-3-7-12(10)22-9-14(21)20-11-6-2-4-8-13(11)23-15(17,18)19/h1-8H,9H2,(H,20,21). The van der Waals surface area contributed by atoms with Crippen LogP contribution < -0.4 is 14.8 Å². The maximum atomic E-state index is 13.3. The molecule has 0 radical (unpaired) electrons. The Morgan fingerprint density at radius 1 is 1.00 bits per heavy atom. The normalized spacial score (nSPS) is 11.0. The van der Waals surface area contributed by atoms with E-state index in [1.807, 2.05) is 0 Å². The molecule has 0 saturated carbocycles. The molecule has 2 rings (SSSR count). The number of alkyl halides is 3. The van der Waals surface area contributed by atoms with Gasteiger partial charge in [0.15, 0.2) is 23.9 Å². The molecule has 0 aromatic heterocycles. The van der Waals surface area contributed by atoms with Gasteiger partial charge in [-0.05, 0) is 24.3 Å². The number of halogens is 4. The van der Waals surface area contributed by atoms with Gasteiger partial charge in [0.1, 0.15) is 0 Å². The van der Waals surface area contributed by atoms with Gasteiger partial charge in [-0.3, -0.25) is 4.79 Å². The molecule has 0 atom stereocenters. The summed E-state index contributed by atoms with van der Waals surface area (Å²) in [4.78, 5) is 11.7. The first kappa shape index (κ1) is 16.6. The molecule has 1 N–H and O–H groups in total. The first-order valence-corrected chi connectivity index (χ1v) is 6.37. The fraction of sp³-hybridized carbons (Fsp3) is 0.133. The summed E-state index contributed by atoms with van der Waals surface area (Å²) in [7, 11) is 0. The van der Waals surface area contributed by atoms with Crippen LogP contribution in [0.2, 0.25) is 0 Å². The van der Waals surface area contributed by atoms with Crippen molar-refractivity contribution in [3.63, 3.8) is 0 Å². The number of anilines is 1. The molecule has 8 heteroatoms. The lowest BCUT2D eigenvalue weighted by molar-refractivity contribution is -0.274. The Balaban J connectivity index is 1.99. The van der Waals surface area contributed by atoms with Gasteiger partial charge in [0, 0.05) is 0 Å². The van der Waals surface area contributed by atoms with Gasteiger partial charge in [-0.15, -0.1) is 13.2 Å². The van der Waals surface area contributed by atoms with Crippen LogP contribution in [0.5, 0.6) is 11.5 Å². The highest BCUT2D eigenvalue weighted by Crippen LogP contribution is 2.29. The Kier molecular flexibility index (Phi) is 5.05. The van der Waals surface area contributed by atoms with E-state index in [1.54, 1.807) is 0 Å². The van der Waals surface area contributed by atoms with Crippen LogP contribution in [-0.2, 0) is 4.79 Å². The van der Waals surface area contributed by atoms with E-state index in [2.05, 4.69) is 10.1 Å². The zero-order valence-corrected chi connectivity index (χ0v) is 11.6. The number of hydrogen-bond donors (Lipinski definition) is 1. The van der Waals surface area contributed by atoms with Crippen LogP contribution in [0, 0.1) is 5.82 Å². The molecule has 4 nitrogen and oxygen atoms in total. The minimum atomic E-state index is -4.88. The number of para-hydroxylation sites is 3. The summed E-state index contributed by atoms with van der Waals surface area (Å²) in [6.07, 6.45) is -4.88. The number of carbonyl (C=O) groups is 1. The van der Waals surface area contributed by atoms with E-state index in [9.17, 15) is 22.4 Å². The maximum Gasteiger partial charge on any atom is 0.573 e. The van der Waals surface area contributed by atoms with Crippen molar-refractivity contribution in [2.24, 2.45) is 0 Å². The molecule has 0 aliphatic rings. The Bertz CT molecular complexity index is 688. The van der Waals surface area contributed by atoms with Crippen LogP contribution in [0.15, 0.2) is 48.5 Å². The van der Waals surface area contributed by atoms with E-state index in [-0.39, 0.29) is 11.4 Å². The summed E-state index contributed by atoms with van der Waals surface area (Å²) in [6, 6.07) is 10.5. The average molecular weight is 329 g/mol. The monoisotopic (exact) mass is 329 g/mol. The number of nitrogens with one attached hydrogen (secondary N) is 1. The SMILES string of the molecule is O=C(COc1ccccc1F)Nc1ccccc1OC(F)(F)F. The zero-order valence-electron chi connectivity index (χ0n) is 11.6. The topological polar surface area (TPSA) is 47.6 Å². The van der Waals surface area contributed by atoms with Crippen LogP contribution in [-0.4, -0.2) is 18.9 Å². The Hall–Kier alpha value is -2.77. The summed E-state index contributed by atoms with van der Waals surface area (Å²) < 4.78 is 58.9. The molecule has 0 unspecified atom stereocenters. The minimum Gasteiger partial charge on any atom is -0.481 e. The number of hydrogen-bond acceptors (Lipinski definition) is 3. The van der Waals surface area contributed by atoms with Gasteiger partial charge >= 0.3 is 6.36 Å². The summed E-state index contributed by atoms with van der Waals surface area (Å²) in [5, 5.41) is 2.21. The molecule has 23 heavy (non-hydrogen) atoms. The Morgan fingerprint density at radius 2 is 1.61 bits per heavy atom. The molecule has 0 heterocycles. The van der Waals surface area contributed by atoms with E-state index in [4.69, 9.17) is 4.74 Å². The van der Waals surface area contributed by atoms with Crippen LogP contribution in [0.4, 0.5) is 23.2 Å². The zero-order chi connectivity index (χ0) is 16.9. The average Bonchev–Trinajstić information content (AvgIpc) is 2.47. The quantitative estimate of drug-likeness (QED) is 0.850.